The number of aromatic amines is 1. The number of hydrogen-bond donors (Lipinski definition) is 2. The average molecular weight is 414 g/mol. The van der Waals surface area contributed by atoms with Crippen molar-refractivity contribution in [2.75, 3.05) is 33.7 Å². The topological polar surface area (TPSA) is 85.5 Å². The van der Waals surface area contributed by atoms with Crippen molar-refractivity contribution in [2.24, 2.45) is 0 Å². The lowest BCUT2D eigenvalue weighted by Crippen LogP contribution is -2.40. The number of H-pyrrole nitrogens is 1. The lowest BCUT2D eigenvalue weighted by molar-refractivity contribution is -0.130. The summed E-state index contributed by atoms with van der Waals surface area (Å²) in [5, 5.41) is 2.92. The summed E-state index contributed by atoms with van der Waals surface area (Å²) in [6.45, 7) is 1.47. The van der Waals surface area contributed by atoms with E-state index < -0.39 is 6.04 Å². The number of amides is 2. The van der Waals surface area contributed by atoms with Crippen LogP contribution in [0.5, 0.6) is 0 Å². The van der Waals surface area contributed by atoms with E-state index in [1.54, 1.807) is 23.1 Å². The summed E-state index contributed by atoms with van der Waals surface area (Å²) >= 11 is 0. The quantitative estimate of drug-likeness (QED) is 0.720. The summed E-state index contributed by atoms with van der Waals surface area (Å²) in [6, 6.07) is 8.73. The van der Waals surface area contributed by atoms with Crippen LogP contribution in [0.25, 0.3) is 0 Å². The summed E-state index contributed by atoms with van der Waals surface area (Å²) < 4.78 is 14.5. The fourth-order valence-corrected chi connectivity index (χ4v) is 3.75. The molecule has 1 aliphatic rings. The number of likely N-dealkylation sites (tertiary alicyclic amines) is 1. The van der Waals surface area contributed by atoms with E-state index >= 15 is 0 Å². The molecule has 2 atom stereocenters. The van der Waals surface area contributed by atoms with Crippen LogP contribution < -0.4 is 10.9 Å². The predicted octanol–water partition coefficient (Wildman–Crippen LogP) is 1.58. The largest absolute Gasteiger partial charge is 0.347 e. The van der Waals surface area contributed by atoms with E-state index in [9.17, 15) is 18.8 Å². The SMILES string of the molecule is CN(C)CCCC(=O)N1C[C@@H](NC(=O)c2ccc(=O)[nH]c2)[C@H](c2ccccc2F)C1. The van der Waals surface area contributed by atoms with Crippen molar-refractivity contribution in [1.29, 1.82) is 0 Å². The van der Waals surface area contributed by atoms with Crippen LogP contribution in [0.3, 0.4) is 0 Å². The summed E-state index contributed by atoms with van der Waals surface area (Å²) in [7, 11) is 3.91. The molecular weight excluding hydrogens is 387 g/mol. The lowest BCUT2D eigenvalue weighted by atomic mass is 9.93. The monoisotopic (exact) mass is 414 g/mol. The third kappa shape index (κ3) is 5.33. The van der Waals surface area contributed by atoms with Gasteiger partial charge in [-0.05, 0) is 44.8 Å². The molecule has 0 spiro atoms. The Morgan fingerprint density at radius 3 is 2.63 bits per heavy atom. The maximum atomic E-state index is 14.5. The van der Waals surface area contributed by atoms with Gasteiger partial charge in [0, 0.05) is 37.7 Å². The van der Waals surface area contributed by atoms with Crippen molar-refractivity contribution >= 4 is 11.8 Å². The molecule has 1 aliphatic heterocycles. The predicted molar refractivity (Wildman–Crippen MR) is 112 cm³/mol. The molecule has 0 radical (unpaired) electrons. The van der Waals surface area contributed by atoms with Crippen LogP contribution >= 0.6 is 0 Å². The number of carbonyl (C=O) groups excluding carboxylic acids is 2. The normalized spacial score (nSPS) is 18.6. The third-order valence-electron chi connectivity index (χ3n) is 5.34. The van der Waals surface area contributed by atoms with Gasteiger partial charge < -0.3 is 20.1 Å². The van der Waals surface area contributed by atoms with Crippen molar-refractivity contribution in [3.8, 4) is 0 Å². The second-order valence-electron chi connectivity index (χ2n) is 7.86. The zero-order chi connectivity index (χ0) is 21.7. The Hall–Kier alpha value is -3.00. The number of halogens is 1. The Kier molecular flexibility index (Phi) is 6.99. The van der Waals surface area contributed by atoms with Crippen molar-refractivity contribution in [3.63, 3.8) is 0 Å². The second-order valence-corrected chi connectivity index (χ2v) is 7.86. The molecule has 1 saturated heterocycles. The third-order valence-corrected chi connectivity index (χ3v) is 5.34. The first-order valence-electron chi connectivity index (χ1n) is 10.0. The maximum Gasteiger partial charge on any atom is 0.253 e. The van der Waals surface area contributed by atoms with Crippen LogP contribution in [0.1, 0.15) is 34.7 Å². The zero-order valence-corrected chi connectivity index (χ0v) is 17.2. The van der Waals surface area contributed by atoms with Gasteiger partial charge in [0.05, 0.1) is 11.6 Å². The summed E-state index contributed by atoms with van der Waals surface area (Å²) in [4.78, 5) is 42.8. The van der Waals surface area contributed by atoms with Crippen LogP contribution in [-0.2, 0) is 4.79 Å². The van der Waals surface area contributed by atoms with Crippen LogP contribution in [0.4, 0.5) is 4.39 Å². The van der Waals surface area contributed by atoms with Crippen LogP contribution in [0.15, 0.2) is 47.4 Å². The molecule has 2 heterocycles. The second kappa shape index (κ2) is 9.67. The van der Waals surface area contributed by atoms with Gasteiger partial charge >= 0.3 is 0 Å². The molecule has 8 heteroatoms. The van der Waals surface area contributed by atoms with E-state index in [-0.39, 0.29) is 29.1 Å². The van der Waals surface area contributed by atoms with Crippen LogP contribution in [0, 0.1) is 5.82 Å². The average Bonchev–Trinajstić information content (AvgIpc) is 3.12. The smallest absolute Gasteiger partial charge is 0.253 e. The summed E-state index contributed by atoms with van der Waals surface area (Å²) in [6.07, 6.45) is 2.48. The zero-order valence-electron chi connectivity index (χ0n) is 17.2. The molecule has 3 rings (SSSR count). The van der Waals surface area contributed by atoms with Gasteiger partial charge in [-0.15, -0.1) is 0 Å². The lowest BCUT2D eigenvalue weighted by Gasteiger charge is -2.20. The van der Waals surface area contributed by atoms with Gasteiger partial charge in [0.15, 0.2) is 0 Å². The van der Waals surface area contributed by atoms with Crippen molar-refractivity contribution in [1.82, 2.24) is 20.1 Å². The van der Waals surface area contributed by atoms with Gasteiger partial charge in [0.1, 0.15) is 5.82 Å². The van der Waals surface area contributed by atoms with Crippen molar-refractivity contribution in [3.05, 3.63) is 69.9 Å². The molecule has 2 N–H and O–H groups in total. The standard InChI is InChI=1S/C22H27FN4O3/c1-26(2)11-5-8-21(29)27-13-17(16-6-3-4-7-18(16)23)19(14-27)25-22(30)15-9-10-20(28)24-12-15/h3-4,6-7,9-10,12,17,19H,5,8,11,13-14H2,1-2H3,(H,24,28)(H,25,30)/t17-,19+/m0/s1. The Labute approximate surface area is 174 Å². The summed E-state index contributed by atoms with van der Waals surface area (Å²) in [5.41, 5.74) is 0.483. The van der Waals surface area contributed by atoms with Gasteiger partial charge in [0.25, 0.3) is 5.91 Å². The first kappa shape index (κ1) is 21.7. The Morgan fingerprint density at radius 2 is 1.97 bits per heavy atom. The Morgan fingerprint density at radius 1 is 1.20 bits per heavy atom. The molecule has 2 aromatic rings. The van der Waals surface area contributed by atoms with E-state index in [0.29, 0.717) is 30.6 Å². The number of pyridine rings is 1. The Bertz CT molecular complexity index is 939. The molecule has 1 aromatic heterocycles. The van der Waals surface area contributed by atoms with Crippen molar-refractivity contribution in [2.45, 2.75) is 24.8 Å². The highest BCUT2D eigenvalue weighted by atomic mass is 19.1. The van der Waals surface area contributed by atoms with E-state index in [2.05, 4.69) is 10.3 Å². The van der Waals surface area contributed by atoms with Gasteiger partial charge in [0.2, 0.25) is 11.5 Å². The molecule has 1 aromatic carbocycles. The van der Waals surface area contributed by atoms with Gasteiger partial charge in [-0.3, -0.25) is 14.4 Å². The highest BCUT2D eigenvalue weighted by molar-refractivity contribution is 5.94. The first-order valence-corrected chi connectivity index (χ1v) is 10.0. The molecule has 30 heavy (non-hydrogen) atoms. The number of rotatable bonds is 7. The van der Waals surface area contributed by atoms with E-state index in [1.165, 1.54) is 24.4 Å². The van der Waals surface area contributed by atoms with Gasteiger partial charge in [-0.25, -0.2) is 4.39 Å². The number of hydrogen-bond acceptors (Lipinski definition) is 4. The molecule has 1 fully saturated rings. The van der Waals surface area contributed by atoms with Crippen LogP contribution in [-0.4, -0.2) is 66.4 Å². The Balaban J connectivity index is 1.76. The fraction of sp³-hybridized carbons (Fsp3) is 0.409. The molecule has 2 amide bonds. The molecule has 0 unspecified atom stereocenters. The van der Waals surface area contributed by atoms with Gasteiger partial charge in [-0.1, -0.05) is 18.2 Å². The highest BCUT2D eigenvalue weighted by Crippen LogP contribution is 2.30. The number of aromatic nitrogens is 1. The van der Waals surface area contributed by atoms with E-state index in [0.717, 1.165) is 13.0 Å². The molecule has 160 valence electrons. The van der Waals surface area contributed by atoms with E-state index in [1.807, 2.05) is 19.0 Å². The minimum Gasteiger partial charge on any atom is -0.347 e. The number of nitrogens with one attached hydrogen (secondary N) is 2. The maximum absolute atomic E-state index is 14.5. The molecule has 0 bridgehead atoms. The minimum absolute atomic E-state index is 0.000945. The number of carbonyl (C=O) groups is 2. The van der Waals surface area contributed by atoms with E-state index in [4.69, 9.17) is 0 Å². The highest BCUT2D eigenvalue weighted by Gasteiger charge is 2.38. The van der Waals surface area contributed by atoms with Crippen LogP contribution in [0.2, 0.25) is 0 Å². The van der Waals surface area contributed by atoms with Gasteiger partial charge in [-0.2, -0.15) is 0 Å². The first-order chi connectivity index (χ1) is 14.3. The minimum atomic E-state index is -0.431. The fourth-order valence-electron chi connectivity index (χ4n) is 3.75. The molecule has 0 aliphatic carbocycles. The van der Waals surface area contributed by atoms with Crippen molar-refractivity contribution < 1.29 is 14.0 Å². The molecular formula is C22H27FN4O3. The summed E-state index contributed by atoms with van der Waals surface area (Å²) in [5.74, 6) is -1.08. The number of nitrogens with zero attached hydrogens (tertiary/aromatic N) is 2. The molecule has 7 nitrogen and oxygen atoms in total. The number of benzene rings is 1. The molecule has 0 saturated carbocycles.